The Kier molecular flexibility index (Phi) is 6.78. The normalized spacial score (nSPS) is 22.6. The number of carbonyl (C=O) groups excluding carboxylic acids is 1. The second-order valence-electron chi connectivity index (χ2n) is 5.45. The first kappa shape index (κ1) is 18.1. The highest BCUT2D eigenvalue weighted by Crippen LogP contribution is 2.34. The minimum atomic E-state index is -0.224. The molecular formula is C17H23ClN2O2S. The molecule has 2 atom stereocenters. The van der Waals surface area contributed by atoms with Crippen LogP contribution in [0.15, 0.2) is 29.3 Å². The summed E-state index contributed by atoms with van der Waals surface area (Å²) in [5.41, 5.74) is 0.843. The van der Waals surface area contributed by atoms with E-state index < -0.39 is 0 Å². The van der Waals surface area contributed by atoms with Gasteiger partial charge in [0, 0.05) is 11.6 Å². The number of thioether (sulfide) groups is 1. The predicted molar refractivity (Wildman–Crippen MR) is 97.6 cm³/mol. The number of amidine groups is 1. The number of ether oxygens (including phenoxy) is 1. The van der Waals surface area contributed by atoms with Gasteiger partial charge in [0.05, 0.1) is 18.3 Å². The maximum Gasteiger partial charge on any atom is 0.321 e. The molecule has 126 valence electrons. The number of carbonyl (C=O) groups is 1. The van der Waals surface area contributed by atoms with Gasteiger partial charge in [-0.05, 0) is 44.5 Å². The van der Waals surface area contributed by atoms with Crippen LogP contribution >= 0.6 is 23.4 Å². The highest BCUT2D eigenvalue weighted by Gasteiger charge is 2.41. The van der Waals surface area contributed by atoms with Gasteiger partial charge in [0.15, 0.2) is 5.17 Å². The predicted octanol–water partition coefficient (Wildman–Crippen LogP) is 4.50. The smallest absolute Gasteiger partial charge is 0.321 e. The average Bonchev–Trinajstić information content (AvgIpc) is 2.84. The second-order valence-corrected chi connectivity index (χ2v) is 6.99. The molecule has 0 spiro atoms. The molecule has 0 aromatic heterocycles. The number of unbranched alkanes of at least 4 members (excludes halogenated alkanes) is 1. The van der Waals surface area contributed by atoms with Gasteiger partial charge in [0.25, 0.3) is 0 Å². The fourth-order valence-electron chi connectivity index (χ4n) is 2.43. The van der Waals surface area contributed by atoms with Crippen LogP contribution < -0.4 is 0 Å². The Balaban J connectivity index is 2.23. The second kappa shape index (κ2) is 8.60. The quantitative estimate of drug-likeness (QED) is 0.705. The van der Waals surface area contributed by atoms with Gasteiger partial charge >= 0.3 is 5.97 Å². The van der Waals surface area contributed by atoms with E-state index >= 15 is 0 Å². The minimum absolute atomic E-state index is 0.0802. The van der Waals surface area contributed by atoms with Crippen molar-refractivity contribution in [1.82, 2.24) is 4.90 Å². The molecule has 1 aromatic carbocycles. The molecule has 0 aliphatic carbocycles. The molecule has 23 heavy (non-hydrogen) atoms. The SMILES string of the molecule is CCCCN1C(=Nc2ccc(Cl)cc2)S[C@H](C(=O)OCC)[C@@H]1C. The number of aliphatic imine (C=N–C) groups is 1. The summed E-state index contributed by atoms with van der Waals surface area (Å²) in [6, 6.07) is 7.50. The van der Waals surface area contributed by atoms with Crippen molar-refractivity contribution in [2.24, 2.45) is 4.99 Å². The number of halogens is 1. The van der Waals surface area contributed by atoms with Crippen LogP contribution in [0.4, 0.5) is 5.69 Å². The number of rotatable bonds is 6. The van der Waals surface area contributed by atoms with E-state index in [0.717, 1.165) is 30.2 Å². The van der Waals surface area contributed by atoms with Crippen molar-refractivity contribution in [3.63, 3.8) is 0 Å². The first-order valence-electron chi connectivity index (χ1n) is 8.01. The molecule has 6 heteroatoms. The summed E-state index contributed by atoms with van der Waals surface area (Å²) in [5, 5.41) is 1.35. The van der Waals surface area contributed by atoms with Gasteiger partial charge in [-0.15, -0.1) is 0 Å². The fraction of sp³-hybridized carbons (Fsp3) is 0.529. The third-order valence-electron chi connectivity index (χ3n) is 3.73. The van der Waals surface area contributed by atoms with Crippen LogP contribution in [0.5, 0.6) is 0 Å². The highest BCUT2D eigenvalue weighted by atomic mass is 35.5. The zero-order chi connectivity index (χ0) is 16.8. The number of nitrogens with zero attached hydrogens (tertiary/aromatic N) is 2. The molecule has 2 rings (SSSR count). The number of hydrogen-bond acceptors (Lipinski definition) is 4. The number of esters is 1. The lowest BCUT2D eigenvalue weighted by molar-refractivity contribution is -0.143. The van der Waals surface area contributed by atoms with Crippen molar-refractivity contribution in [3.8, 4) is 0 Å². The molecule has 0 bridgehead atoms. The first-order chi connectivity index (χ1) is 11.1. The Bertz CT molecular complexity index is 562. The zero-order valence-corrected chi connectivity index (χ0v) is 15.4. The Morgan fingerprint density at radius 1 is 1.35 bits per heavy atom. The summed E-state index contributed by atoms with van der Waals surface area (Å²) in [7, 11) is 0. The third-order valence-corrected chi connectivity index (χ3v) is 5.36. The molecule has 0 unspecified atom stereocenters. The Morgan fingerprint density at radius 2 is 2.04 bits per heavy atom. The van der Waals surface area contributed by atoms with Crippen molar-refractivity contribution < 1.29 is 9.53 Å². The lowest BCUT2D eigenvalue weighted by atomic mass is 10.2. The summed E-state index contributed by atoms with van der Waals surface area (Å²) in [4.78, 5) is 19.1. The van der Waals surface area contributed by atoms with E-state index in [1.165, 1.54) is 11.8 Å². The van der Waals surface area contributed by atoms with Gasteiger partial charge < -0.3 is 9.64 Å². The van der Waals surface area contributed by atoms with E-state index in [9.17, 15) is 4.79 Å². The fourth-order valence-corrected chi connectivity index (χ4v) is 3.84. The van der Waals surface area contributed by atoms with Crippen LogP contribution in [0.1, 0.15) is 33.6 Å². The summed E-state index contributed by atoms with van der Waals surface area (Å²) in [6.07, 6.45) is 2.17. The van der Waals surface area contributed by atoms with E-state index in [0.29, 0.717) is 11.6 Å². The lowest BCUT2D eigenvalue weighted by Gasteiger charge is -2.24. The van der Waals surface area contributed by atoms with Crippen molar-refractivity contribution >= 4 is 40.2 Å². The number of hydrogen-bond donors (Lipinski definition) is 0. The van der Waals surface area contributed by atoms with Gasteiger partial charge in [-0.2, -0.15) is 0 Å². The molecule has 0 saturated carbocycles. The van der Waals surface area contributed by atoms with Crippen LogP contribution in [-0.2, 0) is 9.53 Å². The molecule has 1 aromatic rings. The number of benzene rings is 1. The third kappa shape index (κ3) is 4.64. The van der Waals surface area contributed by atoms with E-state index in [4.69, 9.17) is 21.3 Å². The van der Waals surface area contributed by atoms with E-state index in [1.54, 1.807) is 0 Å². The summed E-state index contributed by atoms with van der Waals surface area (Å²) in [5.74, 6) is -0.159. The molecule has 1 saturated heterocycles. The molecule has 1 heterocycles. The van der Waals surface area contributed by atoms with Crippen LogP contribution in [0.2, 0.25) is 5.02 Å². The topological polar surface area (TPSA) is 41.9 Å². The zero-order valence-electron chi connectivity index (χ0n) is 13.8. The summed E-state index contributed by atoms with van der Waals surface area (Å²) >= 11 is 7.42. The van der Waals surface area contributed by atoms with Gasteiger partial charge in [-0.1, -0.05) is 36.7 Å². The molecule has 1 fully saturated rings. The van der Waals surface area contributed by atoms with Gasteiger partial charge in [0.2, 0.25) is 0 Å². The Labute approximate surface area is 147 Å². The average molecular weight is 355 g/mol. The van der Waals surface area contributed by atoms with Crippen molar-refractivity contribution in [1.29, 1.82) is 0 Å². The van der Waals surface area contributed by atoms with Crippen LogP contribution in [-0.4, -0.2) is 40.5 Å². The van der Waals surface area contributed by atoms with E-state index in [-0.39, 0.29) is 17.3 Å². The molecule has 0 radical (unpaired) electrons. The van der Waals surface area contributed by atoms with E-state index in [2.05, 4.69) is 18.7 Å². The van der Waals surface area contributed by atoms with Gasteiger partial charge in [-0.25, -0.2) is 4.99 Å². The molecule has 0 amide bonds. The maximum absolute atomic E-state index is 12.2. The van der Waals surface area contributed by atoms with Crippen molar-refractivity contribution in [2.75, 3.05) is 13.2 Å². The van der Waals surface area contributed by atoms with Crippen molar-refractivity contribution in [2.45, 2.75) is 44.9 Å². The van der Waals surface area contributed by atoms with Crippen LogP contribution in [0.25, 0.3) is 0 Å². The molecule has 1 aliphatic rings. The van der Waals surface area contributed by atoms with Crippen LogP contribution in [0, 0.1) is 0 Å². The maximum atomic E-state index is 12.2. The Morgan fingerprint density at radius 3 is 2.65 bits per heavy atom. The Hall–Kier alpha value is -1.20. The molecule has 0 N–H and O–H groups in total. The van der Waals surface area contributed by atoms with Gasteiger partial charge in [-0.3, -0.25) is 4.79 Å². The lowest BCUT2D eigenvalue weighted by Crippen LogP contribution is -2.38. The summed E-state index contributed by atoms with van der Waals surface area (Å²) in [6.45, 7) is 7.36. The molecular weight excluding hydrogens is 332 g/mol. The van der Waals surface area contributed by atoms with Crippen LogP contribution in [0.3, 0.4) is 0 Å². The summed E-state index contributed by atoms with van der Waals surface area (Å²) < 4.78 is 5.20. The monoisotopic (exact) mass is 354 g/mol. The van der Waals surface area contributed by atoms with E-state index in [1.807, 2.05) is 31.2 Å². The first-order valence-corrected chi connectivity index (χ1v) is 9.26. The molecule has 1 aliphatic heterocycles. The minimum Gasteiger partial charge on any atom is -0.465 e. The van der Waals surface area contributed by atoms with Crippen molar-refractivity contribution in [3.05, 3.63) is 29.3 Å². The molecule has 4 nitrogen and oxygen atoms in total. The van der Waals surface area contributed by atoms with Gasteiger partial charge in [0.1, 0.15) is 5.25 Å². The largest absolute Gasteiger partial charge is 0.465 e. The standard InChI is InChI=1S/C17H23ClN2O2S/c1-4-6-11-20-12(3)15(16(21)22-5-2)23-17(20)19-14-9-7-13(18)8-10-14/h7-10,12,15H,4-6,11H2,1-3H3/t12-,15-/m0/s1. The highest BCUT2D eigenvalue weighted by molar-refractivity contribution is 8.15.